The number of hydrogen-bond acceptors (Lipinski definition) is 0. The summed E-state index contributed by atoms with van der Waals surface area (Å²) in [6, 6.07) is 8.38. The molecule has 0 radical (unpaired) electrons. The zero-order valence-corrected chi connectivity index (χ0v) is 17.4. The van der Waals surface area contributed by atoms with Crippen LogP contribution in [0, 0.1) is 0 Å². The number of benzene rings is 1. The Labute approximate surface area is 150 Å². The Morgan fingerprint density at radius 3 is 1.87 bits per heavy atom. The summed E-state index contributed by atoms with van der Waals surface area (Å²) >= 11 is 6.32. The first-order valence-corrected chi connectivity index (χ1v) is 13.6. The van der Waals surface area contributed by atoms with Crippen molar-refractivity contribution in [2.24, 2.45) is 0 Å². The minimum absolute atomic E-state index is 0.955. The normalized spacial score (nSPS) is 12.5. The molecule has 0 spiro atoms. The quantitative estimate of drug-likeness (QED) is 0.250. The van der Waals surface area contributed by atoms with Gasteiger partial charge in [0.2, 0.25) is 0 Å². The van der Waals surface area contributed by atoms with E-state index in [1.54, 1.807) is 0 Å². The van der Waals surface area contributed by atoms with E-state index in [9.17, 15) is 0 Å². The van der Waals surface area contributed by atoms with E-state index in [-0.39, 0.29) is 0 Å². The van der Waals surface area contributed by atoms with Gasteiger partial charge in [-0.05, 0) is 0 Å². The molecule has 0 atom stereocenters. The van der Waals surface area contributed by atoms with Gasteiger partial charge in [-0.25, -0.2) is 0 Å². The first-order chi connectivity index (χ1) is 11.0. The molecule has 0 aliphatic carbocycles. The first-order valence-electron chi connectivity index (χ1n) is 9.78. The van der Waals surface area contributed by atoms with Crippen molar-refractivity contribution in [2.75, 3.05) is 19.5 Å². The van der Waals surface area contributed by atoms with E-state index in [2.05, 4.69) is 32.4 Å². The van der Waals surface area contributed by atoms with Crippen molar-refractivity contribution in [1.29, 1.82) is 0 Å². The van der Waals surface area contributed by atoms with Crippen LogP contribution in [-0.2, 0) is 6.16 Å². The van der Waals surface area contributed by atoms with Crippen molar-refractivity contribution < 1.29 is 0 Å². The maximum atomic E-state index is 6.32. The van der Waals surface area contributed by atoms with E-state index in [1.165, 1.54) is 82.1 Å². The summed E-state index contributed by atoms with van der Waals surface area (Å²) in [6.45, 7) is 7.32. The minimum atomic E-state index is -1.15. The number of unbranched alkanes of at least 4 members (excludes halogenated alkanes) is 9. The third kappa shape index (κ3) is 10.4. The number of hydrogen-bond donors (Lipinski definition) is 0. The molecular formula is C21H38ClP. The van der Waals surface area contributed by atoms with Crippen molar-refractivity contribution >= 4 is 18.9 Å². The van der Waals surface area contributed by atoms with Crippen molar-refractivity contribution in [2.45, 2.75) is 77.3 Å². The van der Waals surface area contributed by atoms with Crippen LogP contribution >= 0.6 is 18.9 Å². The second kappa shape index (κ2) is 12.3. The molecule has 0 heterocycles. The van der Waals surface area contributed by atoms with Crippen LogP contribution in [0.15, 0.2) is 24.3 Å². The van der Waals surface area contributed by atoms with Crippen LogP contribution in [0.3, 0.4) is 0 Å². The molecule has 1 aromatic rings. The molecule has 0 nitrogen and oxygen atoms in total. The molecule has 0 saturated heterocycles. The summed E-state index contributed by atoms with van der Waals surface area (Å²) in [5.41, 5.74) is 1.36. The van der Waals surface area contributed by atoms with Gasteiger partial charge in [0.15, 0.2) is 0 Å². The van der Waals surface area contributed by atoms with E-state index in [4.69, 9.17) is 11.6 Å². The molecule has 134 valence electrons. The van der Waals surface area contributed by atoms with Crippen LogP contribution < -0.4 is 0 Å². The molecule has 23 heavy (non-hydrogen) atoms. The van der Waals surface area contributed by atoms with Gasteiger partial charge in [-0.1, -0.05) is 0 Å². The van der Waals surface area contributed by atoms with Crippen molar-refractivity contribution in [1.82, 2.24) is 0 Å². The third-order valence-corrected chi connectivity index (χ3v) is 8.25. The molecule has 2 heteroatoms. The molecule has 0 N–H and O–H groups in total. The Hall–Kier alpha value is -0.0600. The summed E-state index contributed by atoms with van der Waals surface area (Å²) in [7, 11) is -1.15. The summed E-state index contributed by atoms with van der Waals surface area (Å²) in [4.78, 5) is 0. The molecule has 0 saturated carbocycles. The Bertz CT molecular complexity index is 414. The fourth-order valence-electron chi connectivity index (χ4n) is 3.34. The zero-order chi connectivity index (χ0) is 17.0. The van der Waals surface area contributed by atoms with Gasteiger partial charge in [0.25, 0.3) is 0 Å². The molecule has 0 aromatic heterocycles. The van der Waals surface area contributed by atoms with E-state index in [0.717, 1.165) is 5.02 Å². The van der Waals surface area contributed by atoms with E-state index < -0.39 is 7.26 Å². The predicted molar refractivity (Wildman–Crippen MR) is 112 cm³/mol. The van der Waals surface area contributed by atoms with Crippen LogP contribution in [0.4, 0.5) is 0 Å². The van der Waals surface area contributed by atoms with E-state index in [0.29, 0.717) is 0 Å². The van der Waals surface area contributed by atoms with Crippen LogP contribution in [0.5, 0.6) is 0 Å². The topological polar surface area (TPSA) is 0 Å². The first kappa shape index (κ1) is 21.0. The monoisotopic (exact) mass is 356 g/mol. The van der Waals surface area contributed by atoms with Gasteiger partial charge in [-0.15, -0.1) is 0 Å². The zero-order valence-electron chi connectivity index (χ0n) is 15.7. The van der Waals surface area contributed by atoms with Crippen LogP contribution in [0.25, 0.3) is 0 Å². The van der Waals surface area contributed by atoms with Crippen LogP contribution in [0.1, 0.15) is 76.7 Å². The van der Waals surface area contributed by atoms with Gasteiger partial charge in [0, 0.05) is 0 Å². The number of halogens is 1. The molecule has 0 bridgehead atoms. The Balaban J connectivity index is 2.07. The second-order valence-electron chi connectivity index (χ2n) is 7.86. The summed E-state index contributed by atoms with van der Waals surface area (Å²) in [5.74, 6) is 0. The van der Waals surface area contributed by atoms with E-state index >= 15 is 0 Å². The molecule has 0 amide bonds. The SMILES string of the molecule is CCCCCCCCCCCC[PH](C)(C)Cc1ccccc1Cl. The van der Waals surface area contributed by atoms with Crippen LogP contribution in [0.2, 0.25) is 5.02 Å². The summed E-state index contributed by atoms with van der Waals surface area (Å²) in [5, 5.41) is 0.955. The third-order valence-electron chi connectivity index (χ3n) is 4.83. The molecular weight excluding hydrogens is 319 g/mol. The standard InChI is InChI=1S/C21H38ClP/c1-4-5-6-7-8-9-10-11-12-15-18-23(2,3)19-20-16-13-14-17-21(20)22/h13-14,16-17,23H,4-12,15,18-19H2,1-3H3. The molecule has 0 aliphatic heterocycles. The van der Waals surface area contributed by atoms with Gasteiger partial charge < -0.3 is 0 Å². The fraction of sp³-hybridized carbons (Fsp3) is 0.714. The maximum absolute atomic E-state index is 6.32. The summed E-state index contributed by atoms with van der Waals surface area (Å²) < 4.78 is 0. The molecule has 0 fully saturated rings. The Kier molecular flexibility index (Phi) is 11.2. The van der Waals surface area contributed by atoms with Crippen molar-refractivity contribution in [3.8, 4) is 0 Å². The fourth-order valence-corrected chi connectivity index (χ4v) is 6.37. The Morgan fingerprint density at radius 1 is 0.783 bits per heavy atom. The van der Waals surface area contributed by atoms with Crippen molar-refractivity contribution in [3.63, 3.8) is 0 Å². The second-order valence-corrected chi connectivity index (χ2v) is 13.5. The average molecular weight is 357 g/mol. The predicted octanol–water partition coefficient (Wildman–Crippen LogP) is 7.77. The molecule has 0 aliphatic rings. The van der Waals surface area contributed by atoms with Gasteiger partial charge in [0.05, 0.1) is 0 Å². The molecule has 0 unspecified atom stereocenters. The number of rotatable bonds is 13. The summed E-state index contributed by atoms with van der Waals surface area (Å²) in [6.07, 6.45) is 17.0. The molecule has 1 rings (SSSR count). The van der Waals surface area contributed by atoms with Gasteiger partial charge in [-0.3, -0.25) is 0 Å². The van der Waals surface area contributed by atoms with Crippen LogP contribution in [-0.4, -0.2) is 19.5 Å². The van der Waals surface area contributed by atoms with Gasteiger partial charge in [0.1, 0.15) is 0 Å². The van der Waals surface area contributed by atoms with E-state index in [1.807, 2.05) is 12.1 Å². The Morgan fingerprint density at radius 2 is 1.30 bits per heavy atom. The van der Waals surface area contributed by atoms with Crippen molar-refractivity contribution in [3.05, 3.63) is 34.9 Å². The van der Waals surface area contributed by atoms with Gasteiger partial charge in [-0.2, -0.15) is 0 Å². The van der Waals surface area contributed by atoms with Gasteiger partial charge >= 0.3 is 151 Å². The molecule has 1 aromatic carbocycles. The average Bonchev–Trinajstić information content (AvgIpc) is 2.51.